The number of nitrogens with one attached hydrogen (secondary N) is 1. The Morgan fingerprint density at radius 1 is 1.23 bits per heavy atom. The monoisotopic (exact) mass is 354 g/mol. The first-order valence-corrected chi connectivity index (χ1v) is 8.28. The van der Waals surface area contributed by atoms with Gasteiger partial charge in [-0.1, -0.05) is 0 Å². The van der Waals surface area contributed by atoms with Crippen LogP contribution in [0.4, 0.5) is 0 Å². The molecule has 0 aliphatic carbocycles. The lowest BCUT2D eigenvalue weighted by atomic mass is 10.2. The van der Waals surface area contributed by atoms with Gasteiger partial charge in [-0.15, -0.1) is 5.10 Å². The second-order valence-corrected chi connectivity index (χ2v) is 6.06. The van der Waals surface area contributed by atoms with E-state index in [1.807, 2.05) is 11.8 Å². The summed E-state index contributed by atoms with van der Waals surface area (Å²) >= 11 is 0. The van der Waals surface area contributed by atoms with Crippen LogP contribution in [0.25, 0.3) is 5.69 Å². The first kappa shape index (κ1) is 16.3. The van der Waals surface area contributed by atoms with Gasteiger partial charge in [0, 0.05) is 26.2 Å². The number of piperazine rings is 1. The van der Waals surface area contributed by atoms with Crippen molar-refractivity contribution in [2.75, 3.05) is 26.2 Å². The quantitative estimate of drug-likeness (QED) is 0.662. The van der Waals surface area contributed by atoms with Crippen LogP contribution >= 0.6 is 0 Å². The molecule has 3 aromatic heterocycles. The number of carbonyl (C=O) groups is 1. The maximum Gasteiger partial charge on any atom is 0.272 e. The number of tetrazole rings is 1. The minimum atomic E-state index is -0.0679. The molecule has 0 radical (unpaired) electrons. The molecular weight excluding hydrogens is 336 g/mol. The maximum atomic E-state index is 12.6. The zero-order chi connectivity index (χ0) is 17.9. The molecule has 1 aliphatic heterocycles. The second kappa shape index (κ2) is 6.96. The number of nitrogens with zero attached hydrogens (tertiary/aromatic N) is 9. The lowest BCUT2D eigenvalue weighted by Gasteiger charge is -2.33. The molecule has 3 aromatic rings. The summed E-state index contributed by atoms with van der Waals surface area (Å²) in [5.41, 5.74) is 1.12. The molecule has 0 unspecified atom stereocenters. The molecule has 0 spiro atoms. The summed E-state index contributed by atoms with van der Waals surface area (Å²) in [7, 11) is 0. The number of hydrogen-bond donors (Lipinski definition) is 1. The number of pyridine rings is 1. The highest BCUT2D eigenvalue weighted by Gasteiger charge is 2.23. The Balaban J connectivity index is 1.34. The van der Waals surface area contributed by atoms with Gasteiger partial charge >= 0.3 is 0 Å². The Morgan fingerprint density at radius 3 is 2.69 bits per heavy atom. The van der Waals surface area contributed by atoms with Gasteiger partial charge in [0.15, 0.2) is 5.82 Å². The van der Waals surface area contributed by atoms with E-state index in [2.05, 4.69) is 40.6 Å². The molecule has 4 heterocycles. The highest BCUT2D eigenvalue weighted by Crippen LogP contribution is 2.11. The number of aromatic nitrogens is 8. The Bertz CT molecular complexity index is 864. The maximum absolute atomic E-state index is 12.6. The van der Waals surface area contributed by atoms with Gasteiger partial charge in [0.1, 0.15) is 17.8 Å². The summed E-state index contributed by atoms with van der Waals surface area (Å²) in [6.45, 7) is 5.43. The van der Waals surface area contributed by atoms with Gasteiger partial charge < -0.3 is 4.90 Å². The second-order valence-electron chi connectivity index (χ2n) is 6.06. The molecule has 0 aromatic carbocycles. The summed E-state index contributed by atoms with van der Waals surface area (Å²) in [5, 5.41) is 18.0. The third-order valence-electron chi connectivity index (χ3n) is 4.25. The molecule has 1 aliphatic rings. The van der Waals surface area contributed by atoms with E-state index in [1.165, 1.54) is 11.0 Å². The third-order valence-corrected chi connectivity index (χ3v) is 4.25. The fourth-order valence-electron chi connectivity index (χ4n) is 2.86. The van der Waals surface area contributed by atoms with E-state index in [-0.39, 0.29) is 5.91 Å². The molecule has 1 amide bonds. The molecule has 134 valence electrons. The predicted octanol–water partition coefficient (Wildman–Crippen LogP) is -0.558. The lowest BCUT2D eigenvalue weighted by molar-refractivity contribution is 0.0620. The van der Waals surface area contributed by atoms with Crippen molar-refractivity contribution in [3.63, 3.8) is 0 Å². The minimum Gasteiger partial charge on any atom is -0.335 e. The smallest absolute Gasteiger partial charge is 0.272 e. The fourth-order valence-corrected chi connectivity index (χ4v) is 2.86. The van der Waals surface area contributed by atoms with E-state index < -0.39 is 0 Å². The highest BCUT2D eigenvalue weighted by molar-refractivity contribution is 5.92. The zero-order valence-electron chi connectivity index (χ0n) is 14.3. The molecule has 11 heteroatoms. The van der Waals surface area contributed by atoms with Crippen molar-refractivity contribution in [1.82, 2.24) is 50.2 Å². The molecule has 0 saturated carbocycles. The van der Waals surface area contributed by atoms with Crippen LogP contribution in [0.1, 0.15) is 22.1 Å². The van der Waals surface area contributed by atoms with Gasteiger partial charge in [-0.25, -0.2) is 9.97 Å². The van der Waals surface area contributed by atoms with Crippen LogP contribution in [0.3, 0.4) is 0 Å². The zero-order valence-corrected chi connectivity index (χ0v) is 14.3. The van der Waals surface area contributed by atoms with Crippen LogP contribution in [0, 0.1) is 6.92 Å². The standard InChI is InChI=1S/C15H18N10O/c1-11-18-14(20-19-11)9-23-4-6-24(7-5-23)15(26)13-3-2-12(8-16-13)25-10-17-21-22-25/h2-3,8,10H,4-7,9H2,1H3,(H,18,19,20). The Labute approximate surface area is 149 Å². The predicted molar refractivity (Wildman–Crippen MR) is 89.2 cm³/mol. The number of aryl methyl sites for hydroxylation is 1. The van der Waals surface area contributed by atoms with Crippen molar-refractivity contribution in [3.8, 4) is 5.69 Å². The minimum absolute atomic E-state index is 0.0679. The van der Waals surface area contributed by atoms with Crippen molar-refractivity contribution < 1.29 is 4.79 Å². The van der Waals surface area contributed by atoms with Crippen molar-refractivity contribution in [2.45, 2.75) is 13.5 Å². The molecule has 11 nitrogen and oxygen atoms in total. The fraction of sp³-hybridized carbons (Fsp3) is 0.400. The van der Waals surface area contributed by atoms with E-state index in [0.29, 0.717) is 31.0 Å². The first-order chi connectivity index (χ1) is 12.7. The number of H-pyrrole nitrogens is 1. The number of aromatic amines is 1. The summed E-state index contributed by atoms with van der Waals surface area (Å²) in [6, 6.07) is 3.47. The molecule has 1 N–H and O–H groups in total. The van der Waals surface area contributed by atoms with Crippen LogP contribution in [-0.2, 0) is 6.54 Å². The number of rotatable bonds is 4. The molecule has 0 atom stereocenters. The molecule has 1 fully saturated rings. The van der Waals surface area contributed by atoms with Crippen LogP contribution in [0.15, 0.2) is 24.7 Å². The van der Waals surface area contributed by atoms with Gasteiger partial charge in [0.25, 0.3) is 5.91 Å². The van der Waals surface area contributed by atoms with E-state index in [4.69, 9.17) is 0 Å². The molecule has 1 saturated heterocycles. The molecule has 4 rings (SSSR count). The summed E-state index contributed by atoms with van der Waals surface area (Å²) in [4.78, 5) is 25.3. The summed E-state index contributed by atoms with van der Waals surface area (Å²) < 4.78 is 1.49. The van der Waals surface area contributed by atoms with Gasteiger partial charge in [-0.2, -0.15) is 9.78 Å². The van der Waals surface area contributed by atoms with Gasteiger partial charge in [0.2, 0.25) is 0 Å². The first-order valence-electron chi connectivity index (χ1n) is 8.28. The van der Waals surface area contributed by atoms with E-state index >= 15 is 0 Å². The highest BCUT2D eigenvalue weighted by atomic mass is 16.2. The van der Waals surface area contributed by atoms with E-state index in [0.717, 1.165) is 24.7 Å². The largest absolute Gasteiger partial charge is 0.335 e. The van der Waals surface area contributed by atoms with Crippen molar-refractivity contribution in [2.24, 2.45) is 0 Å². The molecular formula is C15H18N10O. The Morgan fingerprint density at radius 2 is 2.08 bits per heavy atom. The van der Waals surface area contributed by atoms with Crippen LogP contribution in [-0.4, -0.2) is 82.3 Å². The topological polar surface area (TPSA) is 122 Å². The lowest BCUT2D eigenvalue weighted by Crippen LogP contribution is -2.48. The van der Waals surface area contributed by atoms with Crippen molar-refractivity contribution >= 4 is 5.91 Å². The van der Waals surface area contributed by atoms with Crippen LogP contribution < -0.4 is 0 Å². The number of amides is 1. The Hall–Kier alpha value is -3.21. The van der Waals surface area contributed by atoms with Gasteiger partial charge in [-0.3, -0.25) is 14.8 Å². The van der Waals surface area contributed by atoms with Gasteiger partial charge in [-0.05, 0) is 29.5 Å². The van der Waals surface area contributed by atoms with E-state index in [1.54, 1.807) is 18.3 Å². The van der Waals surface area contributed by atoms with Crippen molar-refractivity contribution in [1.29, 1.82) is 0 Å². The van der Waals surface area contributed by atoms with E-state index in [9.17, 15) is 4.79 Å². The SMILES string of the molecule is Cc1nc(CN2CCN(C(=O)c3ccc(-n4cnnn4)cn3)CC2)n[nH]1. The van der Waals surface area contributed by atoms with Crippen molar-refractivity contribution in [3.05, 3.63) is 42.0 Å². The van der Waals surface area contributed by atoms with Gasteiger partial charge in [0.05, 0.1) is 18.4 Å². The molecule has 26 heavy (non-hydrogen) atoms. The van der Waals surface area contributed by atoms with Crippen LogP contribution in [0.2, 0.25) is 0 Å². The normalized spacial score (nSPS) is 15.3. The summed E-state index contributed by atoms with van der Waals surface area (Å²) in [6.07, 6.45) is 3.07. The van der Waals surface area contributed by atoms with Crippen LogP contribution in [0.5, 0.6) is 0 Å². The summed E-state index contributed by atoms with van der Waals surface area (Å²) in [5.74, 6) is 1.52. The molecule has 0 bridgehead atoms. The Kier molecular flexibility index (Phi) is 4.35. The average Bonchev–Trinajstić information content (AvgIpc) is 3.34. The number of hydrogen-bond acceptors (Lipinski definition) is 8. The third kappa shape index (κ3) is 3.42. The average molecular weight is 354 g/mol. The number of carbonyl (C=O) groups excluding carboxylic acids is 1.